The Kier molecular flexibility index (Phi) is 4.61. The van der Waals surface area contributed by atoms with E-state index in [1.165, 1.54) is 66.8 Å². The molecule has 0 fully saturated rings. The Hall–Kier alpha value is -2.54. The van der Waals surface area contributed by atoms with Crippen molar-refractivity contribution in [2.24, 2.45) is 0 Å². The first kappa shape index (κ1) is 19.8. The van der Waals surface area contributed by atoms with Crippen LogP contribution in [0.1, 0.15) is 72.7 Å². The minimum Gasteiger partial charge on any atom is -0.456 e. The fourth-order valence-electron chi connectivity index (χ4n) is 4.91. The van der Waals surface area contributed by atoms with Gasteiger partial charge in [-0.1, -0.05) is 29.8 Å². The first-order valence-electron chi connectivity index (χ1n) is 10.6. The van der Waals surface area contributed by atoms with Crippen LogP contribution >= 0.6 is 0 Å². The summed E-state index contributed by atoms with van der Waals surface area (Å²) in [4.78, 5) is 0. The van der Waals surface area contributed by atoms with Gasteiger partial charge >= 0.3 is 0 Å². The van der Waals surface area contributed by atoms with Gasteiger partial charge in [-0.25, -0.2) is 0 Å². The fraction of sp³-hybridized carbons (Fsp3) is 0.357. The summed E-state index contributed by atoms with van der Waals surface area (Å²) in [5.74, 6) is 2.33. The van der Waals surface area contributed by atoms with E-state index in [0.717, 1.165) is 11.5 Å². The molecule has 0 aromatic heterocycles. The normalized spacial score (nSPS) is 13.1. The van der Waals surface area contributed by atoms with Crippen LogP contribution in [0, 0.1) is 62.3 Å². The first-order valence-corrected chi connectivity index (χ1v) is 10.6. The summed E-state index contributed by atoms with van der Waals surface area (Å²) >= 11 is 0. The van der Waals surface area contributed by atoms with Gasteiger partial charge in [0, 0.05) is 17.0 Å². The van der Waals surface area contributed by atoms with Gasteiger partial charge in [-0.2, -0.15) is 0 Å². The van der Waals surface area contributed by atoms with Gasteiger partial charge in [0.05, 0.1) is 0 Å². The third-order valence-corrected chi connectivity index (χ3v) is 7.55. The summed E-state index contributed by atoms with van der Waals surface area (Å²) in [6.45, 7) is 20.0. The van der Waals surface area contributed by atoms with E-state index >= 15 is 0 Å². The number of hydrogen-bond acceptors (Lipinski definition) is 1. The van der Waals surface area contributed by atoms with E-state index in [2.05, 4.69) is 86.6 Å². The smallest absolute Gasteiger partial charge is 0.135 e. The summed E-state index contributed by atoms with van der Waals surface area (Å²) in [6.07, 6.45) is 0. The number of rotatable bonds is 1. The molecule has 0 aliphatic carbocycles. The molecule has 1 aliphatic heterocycles. The number of ether oxygens (including phenoxy) is 1. The molecular formula is C28H32O. The molecule has 4 rings (SSSR count). The number of benzene rings is 3. The Labute approximate surface area is 175 Å². The van der Waals surface area contributed by atoms with Crippen LogP contribution in [0.4, 0.5) is 0 Å². The molecule has 1 aliphatic rings. The molecule has 0 saturated heterocycles. The summed E-state index contributed by atoms with van der Waals surface area (Å²) in [5, 5.41) is 0. The summed E-state index contributed by atoms with van der Waals surface area (Å²) < 4.78 is 6.75. The third-order valence-electron chi connectivity index (χ3n) is 7.55. The Morgan fingerprint density at radius 2 is 0.862 bits per heavy atom. The monoisotopic (exact) mass is 384 g/mol. The molecule has 3 aromatic carbocycles. The van der Waals surface area contributed by atoms with E-state index in [4.69, 9.17) is 4.74 Å². The zero-order chi connectivity index (χ0) is 21.2. The zero-order valence-electron chi connectivity index (χ0n) is 19.3. The average molecular weight is 385 g/mol. The highest BCUT2D eigenvalue weighted by molar-refractivity contribution is 5.70. The maximum atomic E-state index is 6.75. The molecule has 150 valence electrons. The lowest BCUT2D eigenvalue weighted by molar-refractivity contribution is 0.442. The molecule has 0 bridgehead atoms. The second-order valence-electron chi connectivity index (χ2n) is 8.93. The Bertz CT molecular complexity index is 1080. The van der Waals surface area contributed by atoms with Gasteiger partial charge in [-0.3, -0.25) is 0 Å². The molecular weight excluding hydrogens is 352 g/mol. The van der Waals surface area contributed by atoms with E-state index in [1.54, 1.807) is 0 Å². The average Bonchev–Trinajstić information content (AvgIpc) is 2.72. The van der Waals surface area contributed by atoms with Gasteiger partial charge in [0.25, 0.3) is 0 Å². The lowest BCUT2D eigenvalue weighted by Gasteiger charge is -2.36. The van der Waals surface area contributed by atoms with Crippen molar-refractivity contribution in [1.29, 1.82) is 0 Å². The maximum absolute atomic E-state index is 6.75. The maximum Gasteiger partial charge on any atom is 0.135 e. The van der Waals surface area contributed by atoms with Gasteiger partial charge in [-0.05, 0) is 112 Å². The van der Waals surface area contributed by atoms with Crippen LogP contribution in [0.15, 0.2) is 24.3 Å². The van der Waals surface area contributed by atoms with Crippen LogP contribution in [-0.4, -0.2) is 0 Å². The molecule has 29 heavy (non-hydrogen) atoms. The van der Waals surface area contributed by atoms with Gasteiger partial charge < -0.3 is 4.74 Å². The van der Waals surface area contributed by atoms with Gasteiger partial charge in [0.2, 0.25) is 0 Å². The molecule has 0 N–H and O–H groups in total. The molecule has 3 aromatic rings. The Balaban J connectivity index is 2.16. The van der Waals surface area contributed by atoms with Crippen LogP contribution in [0.3, 0.4) is 0 Å². The van der Waals surface area contributed by atoms with Crippen LogP contribution < -0.4 is 4.74 Å². The number of hydrogen-bond donors (Lipinski definition) is 0. The van der Waals surface area contributed by atoms with Crippen molar-refractivity contribution in [3.8, 4) is 11.5 Å². The molecule has 1 nitrogen and oxygen atoms in total. The third kappa shape index (κ3) is 2.74. The zero-order valence-corrected chi connectivity index (χ0v) is 19.3. The van der Waals surface area contributed by atoms with Crippen molar-refractivity contribution in [3.05, 3.63) is 91.0 Å². The number of fused-ring (bicyclic) bond motifs is 2. The fourth-order valence-corrected chi connectivity index (χ4v) is 4.91. The van der Waals surface area contributed by atoms with Crippen molar-refractivity contribution < 1.29 is 4.74 Å². The lowest BCUT2D eigenvalue weighted by atomic mass is 9.74. The van der Waals surface area contributed by atoms with Crippen molar-refractivity contribution >= 4 is 0 Å². The van der Waals surface area contributed by atoms with Crippen molar-refractivity contribution in [2.75, 3.05) is 0 Å². The number of aryl methyl sites for hydroxylation is 1. The Morgan fingerprint density at radius 3 is 1.28 bits per heavy atom. The van der Waals surface area contributed by atoms with Crippen LogP contribution in [0.25, 0.3) is 0 Å². The molecule has 0 unspecified atom stereocenters. The molecule has 1 heterocycles. The molecule has 1 heteroatoms. The standard InChI is InChI=1S/C28H32O/c1-14-10-12-23(13-11-14)26-24-19(6)15(2)17(4)21(8)27(24)29-28-22(9)18(5)16(3)20(7)25(26)28/h10-13,26H,1-9H3. The molecule has 0 radical (unpaired) electrons. The highest BCUT2D eigenvalue weighted by Crippen LogP contribution is 2.54. The highest BCUT2D eigenvalue weighted by atomic mass is 16.5. The summed E-state index contributed by atoms with van der Waals surface area (Å²) in [5.41, 5.74) is 16.0. The van der Waals surface area contributed by atoms with E-state index in [9.17, 15) is 0 Å². The van der Waals surface area contributed by atoms with Crippen molar-refractivity contribution in [1.82, 2.24) is 0 Å². The molecule has 0 atom stereocenters. The van der Waals surface area contributed by atoms with Crippen molar-refractivity contribution in [2.45, 2.75) is 68.2 Å². The molecule has 0 amide bonds. The second-order valence-corrected chi connectivity index (χ2v) is 8.93. The largest absolute Gasteiger partial charge is 0.456 e. The lowest BCUT2D eigenvalue weighted by Crippen LogP contribution is -2.19. The summed E-state index contributed by atoms with van der Waals surface area (Å²) in [6, 6.07) is 9.06. The molecule has 0 saturated carbocycles. The van der Waals surface area contributed by atoms with Crippen LogP contribution in [0.2, 0.25) is 0 Å². The predicted molar refractivity (Wildman–Crippen MR) is 123 cm³/mol. The SMILES string of the molecule is Cc1ccc(C2c3c(C)c(C)c(C)c(C)c3Oc3c(C)c(C)c(C)c(C)c32)cc1. The van der Waals surface area contributed by atoms with E-state index in [-0.39, 0.29) is 5.92 Å². The second kappa shape index (κ2) is 6.76. The van der Waals surface area contributed by atoms with E-state index < -0.39 is 0 Å². The topological polar surface area (TPSA) is 9.23 Å². The van der Waals surface area contributed by atoms with Gasteiger partial charge in [-0.15, -0.1) is 0 Å². The van der Waals surface area contributed by atoms with Gasteiger partial charge in [0.1, 0.15) is 11.5 Å². The quantitative estimate of drug-likeness (QED) is 0.326. The van der Waals surface area contributed by atoms with E-state index in [1.807, 2.05) is 0 Å². The minimum absolute atomic E-state index is 0.199. The highest BCUT2D eigenvalue weighted by Gasteiger charge is 2.35. The van der Waals surface area contributed by atoms with E-state index in [0.29, 0.717) is 0 Å². The van der Waals surface area contributed by atoms with Crippen molar-refractivity contribution in [3.63, 3.8) is 0 Å². The Morgan fingerprint density at radius 1 is 0.483 bits per heavy atom. The van der Waals surface area contributed by atoms with Crippen LogP contribution in [0.5, 0.6) is 11.5 Å². The summed E-state index contributed by atoms with van der Waals surface area (Å²) in [7, 11) is 0. The predicted octanol–water partition coefficient (Wildman–Crippen LogP) is 7.75. The van der Waals surface area contributed by atoms with Gasteiger partial charge in [0.15, 0.2) is 0 Å². The minimum atomic E-state index is 0.199. The first-order chi connectivity index (χ1) is 13.6. The molecule has 0 spiro atoms. The van der Waals surface area contributed by atoms with Crippen LogP contribution in [-0.2, 0) is 0 Å².